The van der Waals surface area contributed by atoms with Gasteiger partial charge in [0, 0.05) is 47.2 Å². The first kappa shape index (κ1) is 32.0. The van der Waals surface area contributed by atoms with Crippen molar-refractivity contribution in [3.8, 4) is 45.0 Å². The van der Waals surface area contributed by atoms with Crippen molar-refractivity contribution in [3.05, 3.63) is 213 Å². The van der Waals surface area contributed by atoms with Gasteiger partial charge in [0.05, 0.1) is 22.2 Å². The van der Waals surface area contributed by atoms with Crippen LogP contribution in [-0.2, 0) is 0 Å². The Labute approximate surface area is 324 Å². The van der Waals surface area contributed by atoms with E-state index in [0.717, 1.165) is 49.7 Å². The van der Waals surface area contributed by atoms with E-state index < -0.39 is 0 Å². The first-order chi connectivity index (χ1) is 27.8. The van der Waals surface area contributed by atoms with Gasteiger partial charge in [-0.15, -0.1) is 0 Å². The third-order valence-corrected chi connectivity index (χ3v) is 11.2. The Kier molecular flexibility index (Phi) is 7.34. The van der Waals surface area contributed by atoms with Crippen molar-refractivity contribution >= 4 is 44.6 Å². The zero-order chi connectivity index (χ0) is 37.1. The summed E-state index contributed by atoms with van der Waals surface area (Å²) in [6.45, 7) is 0. The number of rotatable bonds is 6. The van der Waals surface area contributed by atoms with Crippen LogP contribution >= 0.6 is 0 Å². The first-order valence-corrected chi connectivity index (χ1v) is 19.0. The molecule has 5 heteroatoms. The van der Waals surface area contributed by atoms with E-state index in [-0.39, 0.29) is 0 Å². The Morgan fingerprint density at radius 1 is 0.393 bits per heavy atom. The molecule has 5 nitrogen and oxygen atoms in total. The predicted octanol–water partition coefficient (Wildman–Crippen LogP) is 12.5. The van der Waals surface area contributed by atoms with E-state index in [0.29, 0.717) is 10.4 Å². The average Bonchev–Trinajstić information content (AvgIpc) is 3.76. The minimum absolute atomic E-state index is 0.498. The van der Waals surface area contributed by atoms with E-state index in [1.54, 1.807) is 0 Å². The van der Waals surface area contributed by atoms with Crippen molar-refractivity contribution in [1.82, 2.24) is 19.0 Å². The summed E-state index contributed by atoms with van der Waals surface area (Å²) in [5.41, 5.74) is 14.9. The van der Waals surface area contributed by atoms with Gasteiger partial charge >= 0.3 is 5.95 Å². The summed E-state index contributed by atoms with van der Waals surface area (Å²) in [6.07, 6.45) is 3.77. The van der Waals surface area contributed by atoms with Gasteiger partial charge in [0.15, 0.2) is 11.4 Å². The number of benzene rings is 8. The average molecular weight is 718 g/mol. The monoisotopic (exact) mass is 717 g/mol. The van der Waals surface area contributed by atoms with Gasteiger partial charge in [0.1, 0.15) is 17.1 Å². The van der Waals surface area contributed by atoms with E-state index >= 15 is 0 Å². The number of fused-ring (bicyclic) bond motifs is 6. The molecule has 0 N–H and O–H groups in total. The molecule has 0 fully saturated rings. The molecule has 8 aromatic carbocycles. The standard InChI is InChI=1S/C51H35N5/c1-5-17-36(18-6-1)38-29-39(37-19-7-2-8-20-37)31-40(30-38)54-34-52-51(53-35-54)55-47-27-15-13-25-43(47)45-33-50-46(32-48(45)55)44-26-14-16-28-49(44)56(50,41-21-9-3-10-22-41)42-23-11-4-12-24-42/h1-35H/q+2. The van der Waals surface area contributed by atoms with Crippen LogP contribution in [0.5, 0.6) is 0 Å². The highest BCUT2D eigenvalue weighted by Gasteiger charge is 2.48. The van der Waals surface area contributed by atoms with Crippen molar-refractivity contribution < 1.29 is 4.57 Å². The van der Waals surface area contributed by atoms with Crippen LogP contribution in [0.1, 0.15) is 0 Å². The highest BCUT2D eigenvalue weighted by atomic mass is 15.4. The van der Waals surface area contributed by atoms with Gasteiger partial charge < -0.3 is 0 Å². The SMILES string of the molecule is c1ccc(-c2cc(-c3ccccc3)cc(-[n+]3cnc(-n4c5ccccc5c5cc6c(cc54)-c4ccccc4[N+]6(c4ccccc4)c4ccccc4)nc3)c2)cc1. The number of hydrogen-bond donors (Lipinski definition) is 0. The molecule has 11 rings (SSSR count). The number of nitrogens with zero attached hydrogens (tertiary/aromatic N) is 5. The molecular formula is C51H35N5+2. The molecule has 0 saturated carbocycles. The van der Waals surface area contributed by atoms with Crippen LogP contribution in [0, 0.1) is 0 Å². The fourth-order valence-corrected chi connectivity index (χ4v) is 8.74. The minimum atomic E-state index is 0.498. The van der Waals surface area contributed by atoms with Crippen LogP contribution in [-0.4, -0.2) is 14.5 Å². The zero-order valence-corrected chi connectivity index (χ0v) is 30.4. The fraction of sp³-hybridized carbons (Fsp3) is 0. The molecule has 0 atom stereocenters. The maximum absolute atomic E-state index is 5.08. The smallest absolute Gasteiger partial charge is 0.249 e. The predicted molar refractivity (Wildman–Crippen MR) is 228 cm³/mol. The van der Waals surface area contributed by atoms with Crippen LogP contribution in [0.25, 0.3) is 66.8 Å². The van der Waals surface area contributed by atoms with Gasteiger partial charge in [0.2, 0.25) is 12.7 Å². The first-order valence-electron chi connectivity index (χ1n) is 19.0. The summed E-state index contributed by atoms with van der Waals surface area (Å²) >= 11 is 0. The van der Waals surface area contributed by atoms with Crippen molar-refractivity contribution in [1.29, 1.82) is 0 Å². The Morgan fingerprint density at radius 3 is 1.55 bits per heavy atom. The number of quaternary nitrogens is 1. The summed E-state index contributed by atoms with van der Waals surface area (Å²) in [6, 6.07) is 71.6. The maximum Gasteiger partial charge on any atom is 0.386 e. The lowest BCUT2D eigenvalue weighted by atomic mass is 9.98. The molecular weight excluding hydrogens is 683 g/mol. The Balaban J connectivity index is 1.11. The van der Waals surface area contributed by atoms with Gasteiger partial charge in [-0.3, -0.25) is 0 Å². The molecule has 2 aromatic heterocycles. The van der Waals surface area contributed by atoms with Crippen molar-refractivity contribution in [2.45, 2.75) is 0 Å². The van der Waals surface area contributed by atoms with Crippen LogP contribution in [0.4, 0.5) is 22.7 Å². The molecule has 1 aliphatic rings. The zero-order valence-electron chi connectivity index (χ0n) is 30.4. The van der Waals surface area contributed by atoms with Crippen LogP contribution in [0.2, 0.25) is 0 Å². The van der Waals surface area contributed by atoms with Gasteiger partial charge in [0.25, 0.3) is 0 Å². The second-order valence-corrected chi connectivity index (χ2v) is 14.3. The topological polar surface area (TPSA) is 34.6 Å². The van der Waals surface area contributed by atoms with Crippen LogP contribution < -0.4 is 9.05 Å². The molecule has 0 amide bonds. The third-order valence-electron chi connectivity index (χ3n) is 11.2. The highest BCUT2D eigenvalue weighted by molar-refractivity contribution is 6.15. The molecule has 1 aliphatic heterocycles. The van der Waals surface area contributed by atoms with Crippen LogP contribution in [0.3, 0.4) is 0 Å². The van der Waals surface area contributed by atoms with E-state index in [2.05, 4.69) is 205 Å². The van der Waals surface area contributed by atoms with Crippen molar-refractivity contribution in [3.63, 3.8) is 0 Å². The summed E-state index contributed by atoms with van der Waals surface area (Å²) in [5.74, 6) is 0.619. The summed E-state index contributed by atoms with van der Waals surface area (Å²) in [4.78, 5) is 10.2. The molecule has 56 heavy (non-hydrogen) atoms. The van der Waals surface area contributed by atoms with E-state index in [1.807, 2.05) is 17.2 Å². The third kappa shape index (κ3) is 4.88. The molecule has 0 unspecified atom stereocenters. The second kappa shape index (κ2) is 12.8. The minimum Gasteiger partial charge on any atom is -0.249 e. The second-order valence-electron chi connectivity index (χ2n) is 14.3. The largest absolute Gasteiger partial charge is 0.386 e. The van der Waals surface area contributed by atoms with E-state index in [1.165, 1.54) is 33.9 Å². The van der Waals surface area contributed by atoms with Crippen molar-refractivity contribution in [2.24, 2.45) is 0 Å². The van der Waals surface area contributed by atoms with Crippen molar-refractivity contribution in [2.75, 3.05) is 0 Å². The molecule has 262 valence electrons. The lowest BCUT2D eigenvalue weighted by molar-refractivity contribution is -0.602. The molecule has 0 radical (unpaired) electrons. The summed E-state index contributed by atoms with van der Waals surface area (Å²) < 4.78 is 4.72. The molecule has 0 bridgehead atoms. The maximum atomic E-state index is 5.08. The molecule has 3 heterocycles. The Morgan fingerprint density at radius 2 is 0.929 bits per heavy atom. The number of aromatic nitrogens is 4. The fourth-order valence-electron chi connectivity index (χ4n) is 8.74. The summed E-state index contributed by atoms with van der Waals surface area (Å²) in [5, 5.41) is 2.31. The lowest BCUT2D eigenvalue weighted by Gasteiger charge is -2.34. The Bertz CT molecular complexity index is 2950. The number of hydrogen-bond acceptors (Lipinski definition) is 2. The van der Waals surface area contributed by atoms with Crippen LogP contribution in [0.15, 0.2) is 213 Å². The van der Waals surface area contributed by atoms with Gasteiger partial charge in [-0.05, 0) is 58.7 Å². The Hall–Kier alpha value is -7.47. The molecule has 0 spiro atoms. The molecule has 10 aromatic rings. The molecule has 0 aliphatic carbocycles. The quantitative estimate of drug-likeness (QED) is 0.127. The van der Waals surface area contributed by atoms with Gasteiger partial charge in [-0.1, -0.05) is 137 Å². The molecule has 0 saturated heterocycles. The van der Waals surface area contributed by atoms with Gasteiger partial charge in [-0.2, -0.15) is 4.48 Å². The highest BCUT2D eigenvalue weighted by Crippen LogP contribution is 2.63. The van der Waals surface area contributed by atoms with E-state index in [4.69, 9.17) is 9.97 Å². The lowest BCUT2D eigenvalue weighted by Crippen LogP contribution is -2.32. The van der Waals surface area contributed by atoms with E-state index in [9.17, 15) is 0 Å². The van der Waals surface area contributed by atoms with Gasteiger partial charge in [-0.25, -0.2) is 9.13 Å². The normalized spacial score (nSPS) is 12.8. The number of para-hydroxylation sites is 4. The summed E-state index contributed by atoms with van der Waals surface area (Å²) in [7, 11) is 0.